The molecule has 1 aromatic heterocycles. The van der Waals surface area contributed by atoms with Crippen LogP contribution >= 0.6 is 0 Å². The van der Waals surface area contributed by atoms with E-state index in [1.54, 1.807) is 6.33 Å². The van der Waals surface area contributed by atoms with Crippen LogP contribution in [0.3, 0.4) is 0 Å². The highest BCUT2D eigenvalue weighted by Crippen LogP contribution is 2.18. The number of carbonyl (C=O) groups is 1. The van der Waals surface area contributed by atoms with Crippen LogP contribution in [0.1, 0.15) is 25.7 Å². The van der Waals surface area contributed by atoms with Gasteiger partial charge >= 0.3 is 0 Å². The number of nitrogens with zero attached hydrogens (tertiary/aromatic N) is 5. The third kappa shape index (κ3) is 2.42. The maximum Gasteiger partial charge on any atom is 0.158 e. The molecule has 0 aliphatic carbocycles. The zero-order valence-electron chi connectivity index (χ0n) is 11.6. The number of piperazine rings is 3. The summed E-state index contributed by atoms with van der Waals surface area (Å²) in [7, 11) is 0. The van der Waals surface area contributed by atoms with Crippen LogP contribution in [0.25, 0.3) is 0 Å². The van der Waals surface area contributed by atoms with Gasteiger partial charge in [-0.1, -0.05) is 0 Å². The van der Waals surface area contributed by atoms with Gasteiger partial charge in [-0.2, -0.15) is 5.10 Å². The van der Waals surface area contributed by atoms with E-state index in [1.807, 2.05) is 4.68 Å². The van der Waals surface area contributed by atoms with E-state index >= 15 is 0 Å². The molecule has 0 N–H and O–H groups in total. The minimum absolute atomic E-state index is 0.0554. The van der Waals surface area contributed by atoms with E-state index in [-0.39, 0.29) is 17.9 Å². The van der Waals surface area contributed by atoms with Crippen molar-refractivity contribution < 1.29 is 4.79 Å². The molecule has 2 bridgehead atoms. The smallest absolute Gasteiger partial charge is 0.158 e. The molecular formula is C13H21N5O. The van der Waals surface area contributed by atoms with Gasteiger partial charge in [0.2, 0.25) is 0 Å². The first-order valence-corrected chi connectivity index (χ1v) is 7.02. The molecule has 3 aliphatic rings. The zero-order chi connectivity index (χ0) is 13.4. The Bertz CT molecular complexity index is 461. The fraction of sp³-hybridized carbons (Fsp3) is 0.769. The maximum atomic E-state index is 12.5. The summed E-state index contributed by atoms with van der Waals surface area (Å²) in [6, 6.07) is 0.303. The molecule has 3 aliphatic heterocycles. The summed E-state index contributed by atoms with van der Waals surface area (Å²) in [5.41, 5.74) is 0. The van der Waals surface area contributed by atoms with Crippen molar-refractivity contribution in [3.05, 3.63) is 12.2 Å². The molecule has 0 aromatic carbocycles. The Balaban J connectivity index is 1.69. The molecule has 1 unspecified atom stereocenters. The highest BCUT2D eigenvalue weighted by molar-refractivity contribution is 5.86. The van der Waals surface area contributed by atoms with Crippen LogP contribution in [0.5, 0.6) is 0 Å². The Morgan fingerprint density at radius 3 is 2.68 bits per heavy atom. The van der Waals surface area contributed by atoms with Crippen molar-refractivity contribution in [2.24, 2.45) is 0 Å². The van der Waals surface area contributed by atoms with Gasteiger partial charge in [0.25, 0.3) is 0 Å². The molecule has 0 amide bonds. The summed E-state index contributed by atoms with van der Waals surface area (Å²) in [5, 5.41) is 4.19. The Morgan fingerprint density at radius 1 is 1.37 bits per heavy atom. The number of hydrogen-bond acceptors (Lipinski definition) is 5. The molecule has 19 heavy (non-hydrogen) atoms. The number of carbonyl (C=O) groups excluding carboxylic acids is 1. The number of ketones is 1. The molecule has 0 saturated carbocycles. The van der Waals surface area contributed by atoms with Gasteiger partial charge in [-0.25, -0.2) is 9.67 Å². The predicted molar refractivity (Wildman–Crippen MR) is 70.9 cm³/mol. The topological polar surface area (TPSA) is 54.3 Å². The number of aromatic nitrogens is 3. The van der Waals surface area contributed by atoms with E-state index in [2.05, 4.69) is 33.7 Å². The summed E-state index contributed by atoms with van der Waals surface area (Å²) in [6.07, 6.45) is 1.94. The third-order valence-corrected chi connectivity index (χ3v) is 4.12. The summed E-state index contributed by atoms with van der Waals surface area (Å²) in [5.74, 6) is 1.07. The van der Waals surface area contributed by atoms with Crippen molar-refractivity contribution in [3.63, 3.8) is 0 Å². The quantitative estimate of drug-likeness (QED) is 0.763. The lowest BCUT2D eigenvalue weighted by atomic mass is 10.0. The average Bonchev–Trinajstić information content (AvgIpc) is 2.88. The average molecular weight is 263 g/mol. The standard InChI is InChI=1S/C13H21N5O/c1-10(2)18-13(14-9-15-18)7-12(19)11-8-16-3-5-17(11)6-4-16/h9-11H,3-8H2,1-2H3. The van der Waals surface area contributed by atoms with Gasteiger partial charge in [0.15, 0.2) is 5.78 Å². The number of rotatable bonds is 4. The van der Waals surface area contributed by atoms with Gasteiger partial charge in [-0.05, 0) is 13.8 Å². The fourth-order valence-electron chi connectivity index (χ4n) is 3.03. The van der Waals surface area contributed by atoms with Crippen molar-refractivity contribution in [1.29, 1.82) is 0 Å². The second-order valence-corrected chi connectivity index (χ2v) is 5.71. The fourth-order valence-corrected chi connectivity index (χ4v) is 3.03. The first kappa shape index (κ1) is 12.7. The van der Waals surface area contributed by atoms with Crippen molar-refractivity contribution in [3.8, 4) is 0 Å². The van der Waals surface area contributed by atoms with Crippen LogP contribution < -0.4 is 0 Å². The minimum atomic E-state index is 0.0554. The van der Waals surface area contributed by atoms with E-state index in [0.717, 1.165) is 38.5 Å². The third-order valence-electron chi connectivity index (χ3n) is 4.12. The Hall–Kier alpha value is -1.27. The van der Waals surface area contributed by atoms with Crippen LogP contribution in [0, 0.1) is 0 Å². The van der Waals surface area contributed by atoms with E-state index in [0.29, 0.717) is 6.42 Å². The van der Waals surface area contributed by atoms with Crippen molar-refractivity contribution in [2.45, 2.75) is 32.4 Å². The van der Waals surface area contributed by atoms with Gasteiger partial charge in [-0.15, -0.1) is 0 Å². The summed E-state index contributed by atoms with van der Waals surface area (Å²) >= 11 is 0. The van der Waals surface area contributed by atoms with Crippen molar-refractivity contribution in [2.75, 3.05) is 32.7 Å². The maximum absolute atomic E-state index is 12.5. The van der Waals surface area contributed by atoms with Crippen LogP contribution in [-0.2, 0) is 11.2 Å². The molecular weight excluding hydrogens is 242 g/mol. The van der Waals surface area contributed by atoms with Crippen LogP contribution in [0.15, 0.2) is 6.33 Å². The molecule has 6 heteroatoms. The molecule has 4 rings (SSSR count). The second kappa shape index (κ2) is 5.02. The minimum Gasteiger partial charge on any atom is -0.299 e. The van der Waals surface area contributed by atoms with E-state index in [1.165, 1.54) is 0 Å². The molecule has 3 fully saturated rings. The number of Topliss-reactive ketones (excluding diaryl/α,β-unsaturated/α-hetero) is 1. The van der Waals surface area contributed by atoms with E-state index < -0.39 is 0 Å². The summed E-state index contributed by atoms with van der Waals surface area (Å²) < 4.78 is 1.84. The Kier molecular flexibility index (Phi) is 3.36. The lowest BCUT2D eigenvalue weighted by Crippen LogP contribution is -2.63. The van der Waals surface area contributed by atoms with Crippen LogP contribution in [-0.4, -0.2) is 69.1 Å². The van der Waals surface area contributed by atoms with Gasteiger partial charge in [0.05, 0.1) is 12.5 Å². The molecule has 3 saturated heterocycles. The lowest BCUT2D eigenvalue weighted by molar-refractivity contribution is -0.128. The molecule has 0 radical (unpaired) electrons. The monoisotopic (exact) mass is 263 g/mol. The van der Waals surface area contributed by atoms with Gasteiger partial charge in [0.1, 0.15) is 12.2 Å². The molecule has 104 valence electrons. The highest BCUT2D eigenvalue weighted by atomic mass is 16.1. The predicted octanol–water partition coefficient (Wildman–Crippen LogP) is -0.0296. The summed E-state index contributed by atoms with van der Waals surface area (Å²) in [4.78, 5) is 21.4. The summed E-state index contributed by atoms with van der Waals surface area (Å²) in [6.45, 7) is 9.24. The lowest BCUT2D eigenvalue weighted by Gasteiger charge is -2.46. The number of hydrogen-bond donors (Lipinski definition) is 0. The largest absolute Gasteiger partial charge is 0.299 e. The Morgan fingerprint density at radius 2 is 2.11 bits per heavy atom. The highest BCUT2D eigenvalue weighted by Gasteiger charge is 2.36. The second-order valence-electron chi connectivity index (χ2n) is 5.71. The molecule has 1 atom stereocenters. The van der Waals surface area contributed by atoms with Crippen molar-refractivity contribution in [1.82, 2.24) is 24.6 Å². The van der Waals surface area contributed by atoms with Crippen LogP contribution in [0.4, 0.5) is 0 Å². The number of fused-ring (bicyclic) bond motifs is 3. The normalized spacial score (nSPS) is 29.9. The first-order valence-electron chi connectivity index (χ1n) is 7.02. The van der Waals surface area contributed by atoms with E-state index in [4.69, 9.17) is 0 Å². The first-order chi connectivity index (χ1) is 9.15. The van der Waals surface area contributed by atoms with Gasteiger partial charge in [-0.3, -0.25) is 14.6 Å². The zero-order valence-corrected chi connectivity index (χ0v) is 11.6. The molecule has 4 heterocycles. The molecule has 6 nitrogen and oxygen atoms in total. The van der Waals surface area contributed by atoms with Gasteiger partial charge < -0.3 is 0 Å². The molecule has 0 spiro atoms. The van der Waals surface area contributed by atoms with Crippen molar-refractivity contribution >= 4 is 5.78 Å². The van der Waals surface area contributed by atoms with Gasteiger partial charge in [0, 0.05) is 38.8 Å². The van der Waals surface area contributed by atoms with Crippen LogP contribution in [0.2, 0.25) is 0 Å². The molecule has 1 aromatic rings. The Labute approximate surface area is 113 Å². The SMILES string of the molecule is CC(C)n1ncnc1CC(=O)C1CN2CCN1CC2. The van der Waals surface area contributed by atoms with E-state index in [9.17, 15) is 4.79 Å².